The molecule has 1 aromatic heterocycles. The van der Waals surface area contributed by atoms with E-state index in [1.54, 1.807) is 0 Å². The SMILES string of the molecule is Cc1c(-c2ccc(F)cc2)cc(C2CC2)nc1-c1ccccc1. The van der Waals surface area contributed by atoms with Gasteiger partial charge in [0.25, 0.3) is 0 Å². The van der Waals surface area contributed by atoms with Crippen LogP contribution < -0.4 is 0 Å². The van der Waals surface area contributed by atoms with Crippen molar-refractivity contribution in [2.24, 2.45) is 0 Å². The fourth-order valence-electron chi connectivity index (χ4n) is 3.02. The Hall–Kier alpha value is -2.48. The summed E-state index contributed by atoms with van der Waals surface area (Å²) in [6, 6.07) is 19.2. The standard InChI is InChI=1S/C21H18FN/c1-14-19(15-9-11-18(22)12-10-15)13-20(16-7-8-16)23-21(14)17-5-3-2-4-6-17/h2-6,9-13,16H,7-8H2,1H3. The first kappa shape index (κ1) is 14.1. The van der Waals surface area contributed by atoms with Crippen LogP contribution in [0, 0.1) is 12.7 Å². The van der Waals surface area contributed by atoms with Crippen molar-refractivity contribution in [3.8, 4) is 22.4 Å². The number of hydrogen-bond donors (Lipinski definition) is 0. The molecule has 0 unspecified atom stereocenters. The van der Waals surface area contributed by atoms with E-state index in [2.05, 4.69) is 25.1 Å². The molecular formula is C21H18FN. The van der Waals surface area contributed by atoms with Gasteiger partial charge in [-0.25, -0.2) is 4.39 Å². The lowest BCUT2D eigenvalue weighted by atomic mass is 9.95. The van der Waals surface area contributed by atoms with Crippen molar-refractivity contribution in [2.75, 3.05) is 0 Å². The summed E-state index contributed by atoms with van der Waals surface area (Å²) in [4.78, 5) is 4.93. The largest absolute Gasteiger partial charge is 0.252 e. The van der Waals surface area contributed by atoms with Crippen LogP contribution in [-0.4, -0.2) is 4.98 Å². The Morgan fingerprint density at radius 3 is 2.26 bits per heavy atom. The molecule has 114 valence electrons. The van der Waals surface area contributed by atoms with Crippen molar-refractivity contribution in [3.63, 3.8) is 0 Å². The van der Waals surface area contributed by atoms with E-state index in [4.69, 9.17) is 4.98 Å². The summed E-state index contributed by atoms with van der Waals surface area (Å²) in [5.74, 6) is 0.378. The quantitative estimate of drug-likeness (QED) is 0.601. The molecule has 0 aliphatic heterocycles. The second kappa shape index (κ2) is 5.62. The van der Waals surface area contributed by atoms with Crippen molar-refractivity contribution in [1.82, 2.24) is 4.98 Å². The summed E-state index contributed by atoms with van der Waals surface area (Å²) in [5, 5.41) is 0. The summed E-state index contributed by atoms with van der Waals surface area (Å²) in [5.41, 5.74) is 6.68. The minimum absolute atomic E-state index is 0.203. The molecule has 1 fully saturated rings. The van der Waals surface area contributed by atoms with Crippen LogP contribution in [0.5, 0.6) is 0 Å². The molecule has 0 saturated heterocycles. The molecule has 1 heterocycles. The number of aromatic nitrogens is 1. The van der Waals surface area contributed by atoms with Gasteiger partial charge in [-0.15, -0.1) is 0 Å². The predicted molar refractivity (Wildman–Crippen MR) is 91.8 cm³/mol. The van der Waals surface area contributed by atoms with E-state index in [-0.39, 0.29) is 5.82 Å². The van der Waals surface area contributed by atoms with E-state index >= 15 is 0 Å². The van der Waals surface area contributed by atoms with Crippen molar-refractivity contribution >= 4 is 0 Å². The maximum absolute atomic E-state index is 13.3. The number of rotatable bonds is 3. The van der Waals surface area contributed by atoms with Gasteiger partial charge in [0.1, 0.15) is 5.82 Å². The average molecular weight is 303 g/mol. The van der Waals surface area contributed by atoms with Gasteiger partial charge in [0, 0.05) is 17.2 Å². The lowest BCUT2D eigenvalue weighted by molar-refractivity contribution is 0.628. The molecule has 4 rings (SSSR count). The molecule has 0 amide bonds. The highest BCUT2D eigenvalue weighted by Gasteiger charge is 2.27. The molecule has 1 aliphatic carbocycles. The Balaban J connectivity index is 1.91. The second-order valence-corrected chi connectivity index (χ2v) is 6.22. The first-order valence-electron chi connectivity index (χ1n) is 8.05. The number of nitrogens with zero attached hydrogens (tertiary/aromatic N) is 1. The van der Waals surface area contributed by atoms with Gasteiger partial charge in [-0.3, -0.25) is 4.98 Å². The van der Waals surface area contributed by atoms with E-state index in [0.29, 0.717) is 5.92 Å². The first-order chi connectivity index (χ1) is 11.2. The van der Waals surface area contributed by atoms with Crippen LogP contribution in [-0.2, 0) is 0 Å². The highest BCUT2D eigenvalue weighted by Crippen LogP contribution is 2.42. The summed E-state index contributed by atoms with van der Waals surface area (Å²) in [7, 11) is 0. The number of benzene rings is 2. The summed E-state index contributed by atoms with van der Waals surface area (Å²) < 4.78 is 13.3. The Labute approximate surface area is 135 Å². The van der Waals surface area contributed by atoms with Crippen LogP contribution >= 0.6 is 0 Å². The molecule has 2 aromatic carbocycles. The molecule has 0 atom stereocenters. The molecular weight excluding hydrogens is 285 g/mol. The normalized spacial score (nSPS) is 14.0. The van der Waals surface area contributed by atoms with Gasteiger partial charge >= 0.3 is 0 Å². The minimum atomic E-state index is -0.203. The van der Waals surface area contributed by atoms with Crippen molar-refractivity contribution < 1.29 is 4.39 Å². The van der Waals surface area contributed by atoms with Gasteiger partial charge in [0.05, 0.1) is 5.69 Å². The predicted octanol–water partition coefficient (Wildman–Crippen LogP) is 5.74. The second-order valence-electron chi connectivity index (χ2n) is 6.22. The maximum Gasteiger partial charge on any atom is 0.123 e. The molecule has 1 saturated carbocycles. The van der Waals surface area contributed by atoms with Gasteiger partial charge in [0.2, 0.25) is 0 Å². The molecule has 0 bridgehead atoms. The third-order valence-electron chi connectivity index (χ3n) is 4.49. The van der Waals surface area contributed by atoms with Crippen molar-refractivity contribution in [3.05, 3.63) is 77.7 Å². The van der Waals surface area contributed by atoms with Crippen LogP contribution in [0.1, 0.15) is 30.0 Å². The van der Waals surface area contributed by atoms with Crippen LogP contribution in [0.3, 0.4) is 0 Å². The third-order valence-corrected chi connectivity index (χ3v) is 4.49. The van der Waals surface area contributed by atoms with E-state index in [1.165, 1.54) is 25.0 Å². The van der Waals surface area contributed by atoms with Gasteiger partial charge < -0.3 is 0 Å². The monoisotopic (exact) mass is 303 g/mol. The van der Waals surface area contributed by atoms with Crippen LogP contribution in [0.25, 0.3) is 22.4 Å². The first-order valence-corrected chi connectivity index (χ1v) is 8.05. The van der Waals surface area contributed by atoms with Crippen LogP contribution in [0.4, 0.5) is 4.39 Å². The lowest BCUT2D eigenvalue weighted by Crippen LogP contribution is -1.97. The van der Waals surface area contributed by atoms with Gasteiger partial charge in [0.15, 0.2) is 0 Å². The Kier molecular flexibility index (Phi) is 3.45. The van der Waals surface area contributed by atoms with Crippen LogP contribution in [0.2, 0.25) is 0 Å². The molecule has 0 spiro atoms. The topological polar surface area (TPSA) is 12.9 Å². The molecule has 1 nitrogen and oxygen atoms in total. The molecule has 0 radical (unpaired) electrons. The minimum Gasteiger partial charge on any atom is -0.252 e. The van der Waals surface area contributed by atoms with E-state index in [9.17, 15) is 4.39 Å². The van der Waals surface area contributed by atoms with Crippen LogP contribution in [0.15, 0.2) is 60.7 Å². The van der Waals surface area contributed by atoms with E-state index < -0.39 is 0 Å². The smallest absolute Gasteiger partial charge is 0.123 e. The zero-order valence-electron chi connectivity index (χ0n) is 13.1. The number of hydrogen-bond acceptors (Lipinski definition) is 1. The summed E-state index contributed by atoms with van der Waals surface area (Å²) in [6.07, 6.45) is 2.43. The molecule has 2 heteroatoms. The highest BCUT2D eigenvalue weighted by molar-refractivity contribution is 5.76. The zero-order chi connectivity index (χ0) is 15.8. The fourth-order valence-corrected chi connectivity index (χ4v) is 3.02. The Bertz CT molecular complexity index is 834. The third kappa shape index (κ3) is 2.77. The molecule has 23 heavy (non-hydrogen) atoms. The number of pyridine rings is 1. The average Bonchev–Trinajstić information content (AvgIpc) is 3.42. The summed E-state index contributed by atoms with van der Waals surface area (Å²) in [6.45, 7) is 2.10. The lowest BCUT2D eigenvalue weighted by Gasteiger charge is -2.14. The van der Waals surface area contributed by atoms with E-state index in [1.807, 2.05) is 30.3 Å². The molecule has 3 aromatic rings. The summed E-state index contributed by atoms with van der Waals surface area (Å²) >= 11 is 0. The van der Waals surface area contributed by atoms with Gasteiger partial charge in [-0.2, -0.15) is 0 Å². The Morgan fingerprint density at radius 1 is 0.913 bits per heavy atom. The molecule has 0 N–H and O–H groups in total. The van der Waals surface area contributed by atoms with E-state index in [0.717, 1.165) is 33.6 Å². The zero-order valence-corrected chi connectivity index (χ0v) is 13.1. The van der Waals surface area contributed by atoms with Crippen molar-refractivity contribution in [1.29, 1.82) is 0 Å². The Morgan fingerprint density at radius 2 is 1.61 bits per heavy atom. The molecule has 1 aliphatic rings. The highest BCUT2D eigenvalue weighted by atomic mass is 19.1. The number of halogens is 1. The maximum atomic E-state index is 13.3. The fraction of sp³-hybridized carbons (Fsp3) is 0.190. The van der Waals surface area contributed by atoms with Gasteiger partial charge in [-0.05, 0) is 54.7 Å². The van der Waals surface area contributed by atoms with Gasteiger partial charge in [-0.1, -0.05) is 42.5 Å². The van der Waals surface area contributed by atoms with Crippen molar-refractivity contribution in [2.45, 2.75) is 25.7 Å².